The average Bonchev–Trinajstić information content (AvgIpc) is 3.05. The molecule has 2 heterocycles. The molecule has 1 unspecified atom stereocenters. The molecule has 1 aromatic rings. The highest BCUT2D eigenvalue weighted by Gasteiger charge is 2.32. The zero-order chi connectivity index (χ0) is 21.2. The third kappa shape index (κ3) is 4.45. The molecule has 0 spiro atoms. The first-order valence-corrected chi connectivity index (χ1v) is 9.99. The lowest BCUT2D eigenvalue weighted by molar-refractivity contribution is -0.134. The first-order valence-electron chi connectivity index (χ1n) is 9.11. The van der Waals surface area contributed by atoms with Gasteiger partial charge in [0.05, 0.1) is 4.88 Å². The summed E-state index contributed by atoms with van der Waals surface area (Å²) < 4.78 is 28.4. The van der Waals surface area contributed by atoms with E-state index in [1.165, 1.54) is 24.5 Å². The summed E-state index contributed by atoms with van der Waals surface area (Å²) in [5.41, 5.74) is 0.558. The van der Waals surface area contributed by atoms with Gasteiger partial charge in [-0.2, -0.15) is 8.78 Å². The Hall–Kier alpha value is -2.81. The van der Waals surface area contributed by atoms with Gasteiger partial charge in [-0.3, -0.25) is 19.7 Å². The van der Waals surface area contributed by atoms with Crippen molar-refractivity contribution in [1.29, 1.82) is 0 Å². The number of allylic oxidation sites excluding steroid dienone is 5. The first kappa shape index (κ1) is 20.9. The maximum absolute atomic E-state index is 14.2. The number of piperidine rings is 1. The largest absolute Gasteiger partial charge is 0.507 e. The van der Waals surface area contributed by atoms with Crippen LogP contribution in [0.5, 0.6) is 0 Å². The Morgan fingerprint density at radius 3 is 2.83 bits per heavy atom. The quantitative estimate of drug-likeness (QED) is 0.513. The standard InChI is InChI=1S/C20H20F2N2O4S/c1-2-8-20(21,22)11-4-3-5-12-13(15(25)9-11)10-29-17(12)19(28)23-14-6-7-16(26)24-18(14)27/h2,4,8-10,14,25H,3,5-7H2,1H3,(H,23,28)(H,24,26,27)/b8-2+,11-4?,15-9?. The molecule has 3 N–H and O–H groups in total. The molecule has 0 saturated carbocycles. The second-order valence-electron chi connectivity index (χ2n) is 6.78. The minimum atomic E-state index is -3.21. The van der Waals surface area contributed by atoms with Crippen LogP contribution in [-0.2, 0) is 16.0 Å². The number of aliphatic hydroxyl groups is 1. The maximum Gasteiger partial charge on any atom is 0.291 e. The molecular weight excluding hydrogens is 402 g/mol. The summed E-state index contributed by atoms with van der Waals surface area (Å²) >= 11 is 1.07. The van der Waals surface area contributed by atoms with E-state index in [2.05, 4.69) is 10.6 Å². The van der Waals surface area contributed by atoms with Crippen molar-refractivity contribution in [2.45, 2.75) is 44.6 Å². The zero-order valence-electron chi connectivity index (χ0n) is 15.6. The van der Waals surface area contributed by atoms with Gasteiger partial charge in [-0.15, -0.1) is 11.3 Å². The number of fused-ring (bicyclic) bond motifs is 1. The van der Waals surface area contributed by atoms with Crippen molar-refractivity contribution in [1.82, 2.24) is 10.6 Å². The molecule has 154 valence electrons. The van der Waals surface area contributed by atoms with Gasteiger partial charge >= 0.3 is 0 Å². The number of nitrogens with one attached hydrogen (secondary N) is 2. The van der Waals surface area contributed by atoms with Crippen LogP contribution >= 0.6 is 11.3 Å². The van der Waals surface area contributed by atoms with Crippen molar-refractivity contribution in [2.24, 2.45) is 0 Å². The fraction of sp³-hybridized carbons (Fsp3) is 0.350. The second-order valence-corrected chi connectivity index (χ2v) is 7.66. The molecule has 0 aromatic carbocycles. The Morgan fingerprint density at radius 1 is 1.38 bits per heavy atom. The number of halogens is 2. The highest BCUT2D eigenvalue weighted by Crippen LogP contribution is 2.35. The van der Waals surface area contributed by atoms with Gasteiger partial charge in [-0.25, -0.2) is 0 Å². The van der Waals surface area contributed by atoms with Crippen molar-refractivity contribution in [3.05, 3.63) is 51.3 Å². The number of carbonyl (C=O) groups is 3. The summed E-state index contributed by atoms with van der Waals surface area (Å²) in [7, 11) is 0. The average molecular weight is 422 g/mol. The Bertz CT molecular complexity index is 946. The first-order chi connectivity index (χ1) is 13.7. The monoisotopic (exact) mass is 422 g/mol. The van der Waals surface area contributed by atoms with Crippen molar-refractivity contribution in [2.75, 3.05) is 0 Å². The summed E-state index contributed by atoms with van der Waals surface area (Å²) in [5.74, 6) is -4.99. The molecule has 3 rings (SSSR count). The SMILES string of the molecule is C/C=C/C(F)(F)C1=CCCc2c(csc2C(=O)NC2CCC(=O)NC2=O)C(O)=C1. The molecule has 1 saturated heterocycles. The van der Waals surface area contributed by atoms with Gasteiger partial charge in [0, 0.05) is 22.9 Å². The minimum absolute atomic E-state index is 0.136. The molecule has 0 bridgehead atoms. The van der Waals surface area contributed by atoms with Gasteiger partial charge < -0.3 is 10.4 Å². The van der Waals surface area contributed by atoms with E-state index >= 15 is 0 Å². The molecule has 1 atom stereocenters. The fourth-order valence-corrected chi connectivity index (χ4v) is 4.30. The highest BCUT2D eigenvalue weighted by atomic mass is 32.1. The predicted molar refractivity (Wildman–Crippen MR) is 105 cm³/mol. The molecule has 1 aliphatic carbocycles. The summed E-state index contributed by atoms with van der Waals surface area (Å²) in [6.45, 7) is 1.49. The van der Waals surface area contributed by atoms with E-state index in [-0.39, 0.29) is 42.9 Å². The van der Waals surface area contributed by atoms with E-state index in [0.717, 1.165) is 23.5 Å². The van der Waals surface area contributed by atoms with Crippen LogP contribution < -0.4 is 10.6 Å². The van der Waals surface area contributed by atoms with Crippen LogP contribution in [-0.4, -0.2) is 34.8 Å². The van der Waals surface area contributed by atoms with E-state index in [0.29, 0.717) is 16.0 Å². The van der Waals surface area contributed by atoms with Gasteiger partial charge in [-0.1, -0.05) is 12.2 Å². The van der Waals surface area contributed by atoms with Crippen LogP contribution in [0.1, 0.15) is 47.0 Å². The number of hydrogen-bond acceptors (Lipinski definition) is 5. The number of aliphatic hydroxyl groups excluding tert-OH is 1. The Kier molecular flexibility index (Phi) is 5.97. The minimum Gasteiger partial charge on any atom is -0.507 e. The topological polar surface area (TPSA) is 95.5 Å². The lowest BCUT2D eigenvalue weighted by Gasteiger charge is -2.22. The lowest BCUT2D eigenvalue weighted by Crippen LogP contribution is -2.52. The zero-order valence-corrected chi connectivity index (χ0v) is 16.4. The van der Waals surface area contributed by atoms with Crippen LogP contribution in [0.25, 0.3) is 5.76 Å². The highest BCUT2D eigenvalue weighted by molar-refractivity contribution is 7.12. The van der Waals surface area contributed by atoms with Crippen molar-refractivity contribution >= 4 is 34.8 Å². The number of carbonyl (C=O) groups excluding carboxylic acids is 3. The van der Waals surface area contributed by atoms with Crippen LogP contribution in [0.15, 0.2) is 35.3 Å². The van der Waals surface area contributed by atoms with Crippen LogP contribution in [0, 0.1) is 0 Å². The summed E-state index contributed by atoms with van der Waals surface area (Å²) in [6.07, 6.45) is 5.26. The molecule has 9 heteroatoms. The third-order valence-electron chi connectivity index (χ3n) is 4.73. The fourth-order valence-electron chi connectivity index (χ4n) is 3.29. The maximum atomic E-state index is 14.2. The molecule has 2 aliphatic rings. The molecule has 1 aliphatic heterocycles. The number of imide groups is 1. The van der Waals surface area contributed by atoms with Gasteiger partial charge in [0.15, 0.2) is 0 Å². The van der Waals surface area contributed by atoms with Crippen LogP contribution in [0.3, 0.4) is 0 Å². The van der Waals surface area contributed by atoms with Crippen LogP contribution in [0.2, 0.25) is 0 Å². The Balaban J connectivity index is 1.84. The number of alkyl halides is 2. The van der Waals surface area contributed by atoms with E-state index in [1.807, 2.05) is 0 Å². The van der Waals surface area contributed by atoms with Gasteiger partial charge in [-0.05, 0) is 43.9 Å². The van der Waals surface area contributed by atoms with Gasteiger partial charge in [0.1, 0.15) is 11.8 Å². The number of hydrogen-bond donors (Lipinski definition) is 3. The van der Waals surface area contributed by atoms with Crippen molar-refractivity contribution in [3.8, 4) is 0 Å². The smallest absolute Gasteiger partial charge is 0.291 e. The molecule has 1 fully saturated rings. The molecule has 6 nitrogen and oxygen atoms in total. The summed E-state index contributed by atoms with van der Waals surface area (Å²) in [5, 5.41) is 16.7. The van der Waals surface area contributed by atoms with Crippen molar-refractivity contribution in [3.63, 3.8) is 0 Å². The number of amides is 3. The normalized spacial score (nSPS) is 20.3. The van der Waals surface area contributed by atoms with Gasteiger partial charge in [0.2, 0.25) is 11.8 Å². The Morgan fingerprint density at radius 2 is 2.14 bits per heavy atom. The number of thiophene rings is 1. The van der Waals surface area contributed by atoms with Crippen LogP contribution in [0.4, 0.5) is 8.78 Å². The third-order valence-corrected chi connectivity index (χ3v) is 5.75. The molecule has 29 heavy (non-hydrogen) atoms. The summed E-state index contributed by atoms with van der Waals surface area (Å²) in [4.78, 5) is 36.1. The second kappa shape index (κ2) is 8.28. The molecule has 0 radical (unpaired) electrons. The molecule has 3 amide bonds. The number of rotatable bonds is 4. The van der Waals surface area contributed by atoms with E-state index < -0.39 is 23.8 Å². The van der Waals surface area contributed by atoms with Gasteiger partial charge in [0.25, 0.3) is 11.8 Å². The van der Waals surface area contributed by atoms with E-state index in [4.69, 9.17) is 0 Å². The van der Waals surface area contributed by atoms with Crippen molar-refractivity contribution < 1.29 is 28.3 Å². The van der Waals surface area contributed by atoms with E-state index in [1.54, 1.807) is 0 Å². The predicted octanol–water partition coefficient (Wildman–Crippen LogP) is 3.27. The van der Waals surface area contributed by atoms with E-state index in [9.17, 15) is 28.3 Å². The molecular formula is C20H20F2N2O4S. The molecule has 1 aromatic heterocycles. The summed E-state index contributed by atoms with van der Waals surface area (Å²) in [6, 6.07) is -0.818. The Labute approximate surface area is 170 Å². The lowest BCUT2D eigenvalue weighted by atomic mass is 9.95.